The largest absolute Gasteiger partial charge is 0.444 e. The third kappa shape index (κ3) is 4.67. The van der Waals surface area contributed by atoms with Gasteiger partial charge in [0.1, 0.15) is 5.60 Å². The molecule has 0 atom stereocenters. The second-order valence-corrected chi connectivity index (χ2v) is 4.94. The summed E-state index contributed by atoms with van der Waals surface area (Å²) in [6, 6.07) is 0. The first-order valence-corrected chi connectivity index (χ1v) is 4.75. The van der Waals surface area contributed by atoms with E-state index >= 15 is 0 Å². The van der Waals surface area contributed by atoms with E-state index in [2.05, 4.69) is 5.16 Å². The van der Waals surface area contributed by atoms with Crippen molar-refractivity contribution in [2.45, 2.75) is 45.8 Å². The van der Waals surface area contributed by atoms with Crippen molar-refractivity contribution in [2.24, 2.45) is 5.16 Å². The van der Waals surface area contributed by atoms with Crippen LogP contribution in [0.4, 0.5) is 4.79 Å². The van der Waals surface area contributed by atoms with Crippen LogP contribution >= 0.6 is 0 Å². The molecule has 0 radical (unpaired) electrons. The van der Waals surface area contributed by atoms with E-state index in [-0.39, 0.29) is 0 Å². The molecule has 5 heteroatoms. The van der Waals surface area contributed by atoms with Gasteiger partial charge in [-0.25, -0.2) is 4.79 Å². The van der Waals surface area contributed by atoms with Gasteiger partial charge in [-0.3, -0.25) is 0 Å². The molecule has 1 amide bonds. The van der Waals surface area contributed by atoms with Gasteiger partial charge in [0, 0.05) is 7.05 Å². The van der Waals surface area contributed by atoms with Crippen LogP contribution in [-0.4, -0.2) is 40.6 Å². The monoisotopic (exact) mass is 216 g/mol. The average Bonchev–Trinajstić information content (AvgIpc) is 1.99. The summed E-state index contributed by atoms with van der Waals surface area (Å²) < 4.78 is 5.18. The molecule has 0 aliphatic rings. The van der Waals surface area contributed by atoms with Crippen molar-refractivity contribution in [1.29, 1.82) is 0 Å². The predicted molar refractivity (Wildman–Crippen MR) is 58.4 cm³/mol. The molecule has 0 rings (SSSR count). The third-order valence-corrected chi connectivity index (χ3v) is 1.91. The highest BCUT2D eigenvalue weighted by Crippen LogP contribution is 2.15. The van der Waals surface area contributed by atoms with E-state index in [0.29, 0.717) is 0 Å². The zero-order chi connectivity index (χ0) is 12.3. The first-order valence-electron chi connectivity index (χ1n) is 4.75. The molecule has 88 valence electrons. The summed E-state index contributed by atoms with van der Waals surface area (Å²) >= 11 is 0. The van der Waals surface area contributed by atoms with Gasteiger partial charge in [-0.2, -0.15) is 0 Å². The number of carbonyl (C=O) groups excluding carboxylic acids is 1. The SMILES string of the molecule is CN(C(=O)OC(C)(C)C)C(C)(C)/C=N/O. The molecule has 0 spiro atoms. The van der Waals surface area contributed by atoms with Crippen LogP contribution in [0.5, 0.6) is 0 Å². The zero-order valence-electron chi connectivity index (χ0n) is 10.2. The summed E-state index contributed by atoms with van der Waals surface area (Å²) in [6.45, 7) is 8.89. The molecule has 0 aliphatic carbocycles. The Morgan fingerprint density at radius 3 is 2.13 bits per heavy atom. The van der Waals surface area contributed by atoms with Crippen LogP contribution in [0.1, 0.15) is 34.6 Å². The van der Waals surface area contributed by atoms with Gasteiger partial charge in [0.25, 0.3) is 0 Å². The van der Waals surface area contributed by atoms with Crippen LogP contribution in [0.25, 0.3) is 0 Å². The lowest BCUT2D eigenvalue weighted by molar-refractivity contribution is 0.0200. The summed E-state index contributed by atoms with van der Waals surface area (Å²) in [5.41, 5.74) is -1.21. The Morgan fingerprint density at radius 1 is 1.33 bits per heavy atom. The van der Waals surface area contributed by atoms with Crippen LogP contribution in [0.15, 0.2) is 5.16 Å². The van der Waals surface area contributed by atoms with E-state index in [1.54, 1.807) is 41.7 Å². The molecule has 0 aromatic rings. The Kier molecular flexibility index (Phi) is 4.13. The van der Waals surface area contributed by atoms with Crippen molar-refractivity contribution in [3.8, 4) is 0 Å². The quantitative estimate of drug-likeness (QED) is 0.437. The Labute approximate surface area is 90.7 Å². The van der Waals surface area contributed by atoms with Gasteiger partial charge < -0.3 is 14.8 Å². The predicted octanol–water partition coefficient (Wildman–Crippen LogP) is 2.09. The van der Waals surface area contributed by atoms with Crippen molar-refractivity contribution < 1.29 is 14.7 Å². The van der Waals surface area contributed by atoms with Crippen LogP contribution in [-0.2, 0) is 4.74 Å². The van der Waals surface area contributed by atoms with E-state index in [1.807, 2.05) is 0 Å². The minimum absolute atomic E-state index is 0.451. The van der Waals surface area contributed by atoms with Crippen molar-refractivity contribution in [2.75, 3.05) is 7.05 Å². The number of carbonyl (C=O) groups is 1. The number of rotatable bonds is 2. The first-order chi connectivity index (χ1) is 6.60. The number of oxime groups is 1. The fourth-order valence-electron chi connectivity index (χ4n) is 0.794. The molecule has 0 saturated heterocycles. The number of hydrogen-bond acceptors (Lipinski definition) is 4. The van der Waals surface area contributed by atoms with Gasteiger partial charge in [0.15, 0.2) is 0 Å². The number of nitrogens with zero attached hydrogens (tertiary/aromatic N) is 2. The van der Waals surface area contributed by atoms with Gasteiger partial charge >= 0.3 is 6.09 Å². The lowest BCUT2D eigenvalue weighted by Crippen LogP contribution is -2.48. The minimum Gasteiger partial charge on any atom is -0.444 e. The van der Waals surface area contributed by atoms with Crippen molar-refractivity contribution in [1.82, 2.24) is 4.90 Å². The highest BCUT2D eigenvalue weighted by atomic mass is 16.6. The molecule has 0 heterocycles. The molecule has 5 nitrogen and oxygen atoms in total. The smallest absolute Gasteiger partial charge is 0.410 e. The second kappa shape index (κ2) is 4.51. The number of hydrogen-bond donors (Lipinski definition) is 1. The highest BCUT2D eigenvalue weighted by molar-refractivity contribution is 5.78. The van der Waals surface area contributed by atoms with Gasteiger partial charge in [0.2, 0.25) is 0 Å². The molecule has 0 aromatic heterocycles. The fraction of sp³-hybridized carbons (Fsp3) is 0.800. The van der Waals surface area contributed by atoms with Crippen LogP contribution in [0.2, 0.25) is 0 Å². The topological polar surface area (TPSA) is 62.1 Å². The molecule has 0 bridgehead atoms. The second-order valence-electron chi connectivity index (χ2n) is 4.94. The average molecular weight is 216 g/mol. The summed E-state index contributed by atoms with van der Waals surface area (Å²) in [7, 11) is 1.59. The molecular weight excluding hydrogens is 196 g/mol. The van der Waals surface area contributed by atoms with E-state index in [1.165, 1.54) is 11.1 Å². The summed E-state index contributed by atoms with van der Waals surface area (Å²) in [5, 5.41) is 11.4. The van der Waals surface area contributed by atoms with E-state index in [0.717, 1.165) is 0 Å². The molecule has 0 saturated carbocycles. The summed E-state index contributed by atoms with van der Waals surface area (Å²) in [6.07, 6.45) is 0.823. The fourth-order valence-corrected chi connectivity index (χ4v) is 0.794. The zero-order valence-corrected chi connectivity index (χ0v) is 10.2. The lowest BCUT2D eigenvalue weighted by atomic mass is 10.1. The molecule has 1 N–H and O–H groups in total. The van der Waals surface area contributed by atoms with E-state index in [9.17, 15) is 4.79 Å². The first kappa shape index (κ1) is 13.7. The third-order valence-electron chi connectivity index (χ3n) is 1.91. The van der Waals surface area contributed by atoms with Gasteiger partial charge in [-0.1, -0.05) is 5.16 Å². The van der Waals surface area contributed by atoms with Crippen LogP contribution < -0.4 is 0 Å². The van der Waals surface area contributed by atoms with Crippen molar-refractivity contribution >= 4 is 12.3 Å². The Bertz CT molecular complexity index is 254. The molecule has 0 aliphatic heterocycles. The Hall–Kier alpha value is -1.26. The van der Waals surface area contributed by atoms with E-state index in [4.69, 9.17) is 9.94 Å². The Morgan fingerprint density at radius 2 is 1.80 bits per heavy atom. The Balaban J connectivity index is 4.58. The van der Waals surface area contributed by atoms with Crippen LogP contribution in [0, 0.1) is 0 Å². The van der Waals surface area contributed by atoms with Crippen molar-refractivity contribution in [3.63, 3.8) is 0 Å². The maximum atomic E-state index is 11.6. The van der Waals surface area contributed by atoms with E-state index < -0.39 is 17.2 Å². The number of amides is 1. The maximum absolute atomic E-state index is 11.6. The molecule has 0 unspecified atom stereocenters. The van der Waals surface area contributed by atoms with Gasteiger partial charge in [-0.05, 0) is 34.6 Å². The molecular formula is C10H20N2O3. The number of ether oxygens (including phenoxy) is 1. The molecule has 0 aromatic carbocycles. The summed E-state index contributed by atoms with van der Waals surface area (Å²) in [5.74, 6) is 0. The lowest BCUT2D eigenvalue weighted by Gasteiger charge is -2.33. The minimum atomic E-state index is -0.683. The van der Waals surface area contributed by atoms with Crippen LogP contribution in [0.3, 0.4) is 0 Å². The van der Waals surface area contributed by atoms with Gasteiger partial charge in [-0.15, -0.1) is 0 Å². The highest BCUT2D eigenvalue weighted by Gasteiger charge is 2.29. The molecule has 0 fully saturated rings. The van der Waals surface area contributed by atoms with Gasteiger partial charge in [0.05, 0.1) is 11.8 Å². The molecule has 15 heavy (non-hydrogen) atoms. The maximum Gasteiger partial charge on any atom is 0.410 e. The standard InChI is InChI=1S/C10H20N2O3/c1-9(2,3)15-8(13)12(6)10(4,5)7-11-14/h7,14H,1-6H3/b11-7+. The van der Waals surface area contributed by atoms with Crippen molar-refractivity contribution in [3.05, 3.63) is 0 Å². The summed E-state index contributed by atoms with van der Waals surface area (Å²) in [4.78, 5) is 13.0. The normalized spacial score (nSPS) is 12.9.